The fraction of sp³-hybridized carbons (Fsp3) is 0.333. The first-order chi connectivity index (χ1) is 9.58. The van der Waals surface area contributed by atoms with Gasteiger partial charge < -0.3 is 10.1 Å². The first kappa shape index (κ1) is 14.2. The van der Waals surface area contributed by atoms with Crippen LogP contribution in [0.5, 0.6) is 11.6 Å². The topological polar surface area (TPSA) is 47.0 Å². The standard InChI is InChI=1S/C15H18FN3O/c1-4-7-17-14-9-15(19-11(3)18-14)20-12-5-6-13(16)10(2)8-12/h5-6,8-9H,4,7H2,1-3H3,(H,17,18,19). The molecule has 0 saturated heterocycles. The van der Waals surface area contributed by atoms with E-state index in [4.69, 9.17) is 4.74 Å². The quantitative estimate of drug-likeness (QED) is 0.900. The van der Waals surface area contributed by atoms with Crippen LogP contribution >= 0.6 is 0 Å². The number of anilines is 1. The third kappa shape index (κ3) is 3.66. The molecule has 1 aromatic carbocycles. The zero-order valence-corrected chi connectivity index (χ0v) is 11.9. The number of ether oxygens (including phenoxy) is 1. The number of benzene rings is 1. The SMILES string of the molecule is CCCNc1cc(Oc2ccc(F)c(C)c2)nc(C)n1. The summed E-state index contributed by atoms with van der Waals surface area (Å²) in [6.07, 6.45) is 1.01. The van der Waals surface area contributed by atoms with Gasteiger partial charge in [-0.3, -0.25) is 0 Å². The first-order valence-electron chi connectivity index (χ1n) is 6.62. The van der Waals surface area contributed by atoms with Gasteiger partial charge in [-0.1, -0.05) is 6.92 Å². The predicted molar refractivity (Wildman–Crippen MR) is 76.8 cm³/mol. The van der Waals surface area contributed by atoms with Crippen LogP contribution in [0, 0.1) is 19.7 Å². The molecule has 0 spiro atoms. The van der Waals surface area contributed by atoms with Crippen LogP contribution in [0.3, 0.4) is 0 Å². The van der Waals surface area contributed by atoms with Crippen LogP contribution in [-0.4, -0.2) is 16.5 Å². The second-order valence-corrected chi connectivity index (χ2v) is 4.58. The highest BCUT2D eigenvalue weighted by atomic mass is 19.1. The third-order valence-corrected chi connectivity index (χ3v) is 2.72. The molecule has 20 heavy (non-hydrogen) atoms. The molecule has 0 bridgehead atoms. The van der Waals surface area contributed by atoms with Crippen LogP contribution in [0.25, 0.3) is 0 Å². The Morgan fingerprint density at radius 2 is 2.00 bits per heavy atom. The Morgan fingerprint density at radius 1 is 1.20 bits per heavy atom. The van der Waals surface area contributed by atoms with Gasteiger partial charge in [-0.15, -0.1) is 0 Å². The number of nitrogens with one attached hydrogen (secondary N) is 1. The van der Waals surface area contributed by atoms with Crippen molar-refractivity contribution in [2.24, 2.45) is 0 Å². The molecule has 0 aliphatic heterocycles. The third-order valence-electron chi connectivity index (χ3n) is 2.72. The lowest BCUT2D eigenvalue weighted by molar-refractivity contribution is 0.458. The van der Waals surface area contributed by atoms with Gasteiger partial charge in [-0.2, -0.15) is 4.98 Å². The number of aryl methyl sites for hydroxylation is 2. The molecule has 0 saturated carbocycles. The van der Waals surface area contributed by atoms with Gasteiger partial charge >= 0.3 is 0 Å². The Balaban J connectivity index is 2.19. The monoisotopic (exact) mass is 275 g/mol. The maximum atomic E-state index is 13.2. The summed E-state index contributed by atoms with van der Waals surface area (Å²) in [6, 6.07) is 6.35. The maximum Gasteiger partial charge on any atom is 0.224 e. The average Bonchev–Trinajstić information content (AvgIpc) is 2.40. The molecule has 2 aromatic rings. The lowest BCUT2D eigenvalue weighted by Gasteiger charge is -2.09. The first-order valence-corrected chi connectivity index (χ1v) is 6.62. The number of rotatable bonds is 5. The lowest BCUT2D eigenvalue weighted by Crippen LogP contribution is -2.04. The molecule has 0 aliphatic rings. The number of hydrogen-bond acceptors (Lipinski definition) is 4. The van der Waals surface area contributed by atoms with E-state index in [1.807, 2.05) is 0 Å². The number of hydrogen-bond donors (Lipinski definition) is 1. The highest BCUT2D eigenvalue weighted by Gasteiger charge is 2.05. The second-order valence-electron chi connectivity index (χ2n) is 4.58. The summed E-state index contributed by atoms with van der Waals surface area (Å²) in [5, 5.41) is 3.19. The summed E-state index contributed by atoms with van der Waals surface area (Å²) in [5.74, 6) is 2.11. The van der Waals surface area contributed by atoms with Gasteiger partial charge in [0.15, 0.2) is 0 Å². The van der Waals surface area contributed by atoms with Gasteiger partial charge in [0.2, 0.25) is 5.88 Å². The van der Waals surface area contributed by atoms with Crippen LogP contribution in [0.2, 0.25) is 0 Å². The fourth-order valence-corrected chi connectivity index (χ4v) is 1.74. The van der Waals surface area contributed by atoms with Crippen LogP contribution in [0.15, 0.2) is 24.3 Å². The van der Waals surface area contributed by atoms with Crippen molar-refractivity contribution in [3.63, 3.8) is 0 Å². The van der Waals surface area contributed by atoms with Crippen molar-refractivity contribution in [2.75, 3.05) is 11.9 Å². The van der Waals surface area contributed by atoms with E-state index in [1.54, 1.807) is 32.0 Å². The summed E-state index contributed by atoms with van der Waals surface area (Å²) in [6.45, 7) is 6.42. The van der Waals surface area contributed by atoms with E-state index in [2.05, 4.69) is 22.2 Å². The summed E-state index contributed by atoms with van der Waals surface area (Å²) in [5.41, 5.74) is 0.539. The minimum atomic E-state index is -0.249. The van der Waals surface area contributed by atoms with Crippen LogP contribution in [-0.2, 0) is 0 Å². The molecule has 106 valence electrons. The van der Waals surface area contributed by atoms with Gasteiger partial charge in [0.25, 0.3) is 0 Å². The molecule has 0 unspecified atom stereocenters. The van der Waals surface area contributed by atoms with E-state index in [0.717, 1.165) is 18.8 Å². The summed E-state index contributed by atoms with van der Waals surface area (Å²) in [4.78, 5) is 8.50. The number of aromatic nitrogens is 2. The van der Waals surface area contributed by atoms with Crippen molar-refractivity contribution >= 4 is 5.82 Å². The van der Waals surface area contributed by atoms with E-state index in [1.165, 1.54) is 6.07 Å². The number of halogens is 1. The Hall–Kier alpha value is -2.17. The van der Waals surface area contributed by atoms with Gasteiger partial charge in [-0.05, 0) is 44.0 Å². The van der Waals surface area contributed by atoms with Gasteiger partial charge in [-0.25, -0.2) is 9.37 Å². The fourth-order valence-electron chi connectivity index (χ4n) is 1.74. The predicted octanol–water partition coefficient (Wildman–Crippen LogP) is 3.85. The molecule has 2 rings (SSSR count). The lowest BCUT2D eigenvalue weighted by atomic mass is 10.2. The van der Waals surface area contributed by atoms with Gasteiger partial charge in [0.1, 0.15) is 23.2 Å². The van der Waals surface area contributed by atoms with Gasteiger partial charge in [0, 0.05) is 12.6 Å². The summed E-state index contributed by atoms with van der Waals surface area (Å²) >= 11 is 0. The van der Waals surface area contributed by atoms with Crippen molar-refractivity contribution in [1.29, 1.82) is 0 Å². The Bertz CT molecular complexity index is 602. The van der Waals surface area contributed by atoms with Crippen molar-refractivity contribution in [3.8, 4) is 11.6 Å². The minimum Gasteiger partial charge on any atom is -0.439 e. The van der Waals surface area contributed by atoms with Crippen molar-refractivity contribution in [3.05, 3.63) is 41.5 Å². The molecule has 1 N–H and O–H groups in total. The summed E-state index contributed by atoms with van der Waals surface area (Å²) < 4.78 is 18.9. The second kappa shape index (κ2) is 6.32. The molecule has 1 aromatic heterocycles. The summed E-state index contributed by atoms with van der Waals surface area (Å²) in [7, 11) is 0. The van der Waals surface area contributed by atoms with E-state index >= 15 is 0 Å². The Morgan fingerprint density at radius 3 is 2.70 bits per heavy atom. The average molecular weight is 275 g/mol. The van der Waals surface area contributed by atoms with Crippen LogP contribution in [0.1, 0.15) is 24.7 Å². The normalized spacial score (nSPS) is 10.4. The molecular formula is C15H18FN3O. The van der Waals surface area contributed by atoms with Crippen molar-refractivity contribution < 1.29 is 9.13 Å². The zero-order chi connectivity index (χ0) is 14.5. The molecule has 0 amide bonds. The van der Waals surface area contributed by atoms with E-state index in [9.17, 15) is 4.39 Å². The van der Waals surface area contributed by atoms with Gasteiger partial charge in [0.05, 0.1) is 0 Å². The van der Waals surface area contributed by atoms with E-state index in [-0.39, 0.29) is 5.82 Å². The molecule has 0 atom stereocenters. The van der Waals surface area contributed by atoms with Crippen LogP contribution in [0.4, 0.5) is 10.2 Å². The molecule has 0 aliphatic carbocycles. The molecular weight excluding hydrogens is 257 g/mol. The molecule has 1 heterocycles. The molecule has 0 radical (unpaired) electrons. The molecule has 0 fully saturated rings. The Labute approximate surface area is 118 Å². The molecule has 5 heteroatoms. The smallest absolute Gasteiger partial charge is 0.224 e. The maximum absolute atomic E-state index is 13.2. The minimum absolute atomic E-state index is 0.249. The van der Waals surface area contributed by atoms with Crippen molar-refractivity contribution in [1.82, 2.24) is 9.97 Å². The largest absolute Gasteiger partial charge is 0.439 e. The van der Waals surface area contributed by atoms with Crippen LogP contribution < -0.4 is 10.1 Å². The molecule has 4 nitrogen and oxygen atoms in total. The highest BCUT2D eigenvalue weighted by Crippen LogP contribution is 2.23. The zero-order valence-electron chi connectivity index (χ0n) is 11.9. The van der Waals surface area contributed by atoms with E-state index < -0.39 is 0 Å². The van der Waals surface area contributed by atoms with E-state index in [0.29, 0.717) is 23.0 Å². The number of nitrogens with zero attached hydrogens (tertiary/aromatic N) is 2. The van der Waals surface area contributed by atoms with Crippen molar-refractivity contribution in [2.45, 2.75) is 27.2 Å². The highest BCUT2D eigenvalue weighted by molar-refractivity contribution is 5.40. The Kier molecular flexibility index (Phi) is 4.50.